The van der Waals surface area contributed by atoms with Crippen LogP contribution in [0, 0.1) is 17.8 Å². The van der Waals surface area contributed by atoms with Crippen molar-refractivity contribution in [1.29, 1.82) is 0 Å². The van der Waals surface area contributed by atoms with E-state index < -0.39 is 18.4 Å². The highest BCUT2D eigenvalue weighted by molar-refractivity contribution is 5.95. The van der Waals surface area contributed by atoms with Crippen LogP contribution in [0.5, 0.6) is 5.75 Å². The summed E-state index contributed by atoms with van der Waals surface area (Å²) in [5.74, 6) is 2.01. The lowest BCUT2D eigenvalue weighted by atomic mass is 9.71. The smallest absolute Gasteiger partial charge is 0.323 e. The van der Waals surface area contributed by atoms with E-state index in [1.54, 1.807) is 31.4 Å². The molecule has 11 nitrogen and oxygen atoms in total. The fraction of sp³-hybridized carbons (Fsp3) is 0.390. The average molecular weight is 703 g/mol. The number of anilines is 1. The van der Waals surface area contributed by atoms with Gasteiger partial charge in [0.05, 0.1) is 13.5 Å². The fourth-order valence-electron chi connectivity index (χ4n) is 7.39. The molecule has 6 rings (SSSR count). The first kappa shape index (κ1) is 36.3. The van der Waals surface area contributed by atoms with Crippen LogP contribution in [0.2, 0.25) is 0 Å². The Hall–Kier alpha value is -5.45. The number of allylic oxidation sites excluding steroid dienone is 2. The minimum Gasteiger partial charge on any atom is -0.497 e. The van der Waals surface area contributed by atoms with Gasteiger partial charge in [0, 0.05) is 30.1 Å². The topological polar surface area (TPSA) is 148 Å². The zero-order chi connectivity index (χ0) is 36.5. The van der Waals surface area contributed by atoms with Crippen LogP contribution in [-0.4, -0.2) is 61.6 Å². The molecule has 2 amide bonds. The second-order valence-corrected chi connectivity index (χ2v) is 13.9. The molecular formula is C41H46N6O5. The van der Waals surface area contributed by atoms with E-state index in [9.17, 15) is 19.5 Å². The Balaban J connectivity index is 1.03. The number of aromatic nitrogens is 4. The van der Waals surface area contributed by atoms with Crippen LogP contribution in [0.25, 0.3) is 17.0 Å². The molecular weight excluding hydrogens is 656 g/mol. The number of benzene rings is 2. The van der Waals surface area contributed by atoms with Gasteiger partial charge < -0.3 is 20.1 Å². The Labute approximate surface area is 304 Å². The summed E-state index contributed by atoms with van der Waals surface area (Å²) in [4.78, 5) is 48.0. The van der Waals surface area contributed by atoms with Crippen molar-refractivity contribution in [3.8, 4) is 17.1 Å². The summed E-state index contributed by atoms with van der Waals surface area (Å²) in [6.45, 7) is 1.84. The number of carbonyl (C=O) groups excluding carboxylic acids is 2. The predicted molar refractivity (Wildman–Crippen MR) is 198 cm³/mol. The Morgan fingerprint density at radius 2 is 1.56 bits per heavy atom. The summed E-state index contributed by atoms with van der Waals surface area (Å²) in [6, 6.07) is 17.4. The van der Waals surface area contributed by atoms with Crippen molar-refractivity contribution in [2.24, 2.45) is 17.8 Å². The summed E-state index contributed by atoms with van der Waals surface area (Å²) in [5.41, 5.74) is 4.71. The largest absolute Gasteiger partial charge is 0.497 e. The Kier molecular flexibility index (Phi) is 12.0. The number of hydrogen-bond acceptors (Lipinski definition) is 8. The van der Waals surface area contributed by atoms with Gasteiger partial charge in [0.1, 0.15) is 12.3 Å². The maximum absolute atomic E-state index is 13.3. The van der Waals surface area contributed by atoms with Gasteiger partial charge in [0.25, 0.3) is 5.91 Å². The maximum atomic E-state index is 13.3. The number of nitrogens with zero attached hydrogens (tertiary/aromatic N) is 5. The van der Waals surface area contributed by atoms with Crippen molar-refractivity contribution >= 4 is 29.2 Å². The molecule has 4 aromatic rings. The molecule has 0 saturated heterocycles. The second-order valence-electron chi connectivity index (χ2n) is 13.9. The van der Waals surface area contributed by atoms with Crippen molar-refractivity contribution < 1.29 is 24.2 Å². The van der Waals surface area contributed by atoms with Gasteiger partial charge in [-0.15, -0.1) is 10.2 Å². The summed E-state index contributed by atoms with van der Waals surface area (Å²) in [5, 5.41) is 20.2. The second kappa shape index (κ2) is 17.2. The average Bonchev–Trinajstić information content (AvgIpc) is 3.18. The van der Waals surface area contributed by atoms with Crippen LogP contribution >= 0.6 is 0 Å². The third kappa shape index (κ3) is 9.45. The van der Waals surface area contributed by atoms with E-state index in [2.05, 4.69) is 38.5 Å². The molecule has 1 atom stereocenters. The molecule has 2 aliphatic rings. The molecule has 0 radical (unpaired) electrons. The molecule has 270 valence electrons. The number of carbonyl (C=O) groups is 3. The predicted octanol–water partition coefficient (Wildman–Crippen LogP) is 7.25. The summed E-state index contributed by atoms with van der Waals surface area (Å²) < 4.78 is 5.14. The zero-order valence-corrected chi connectivity index (χ0v) is 29.8. The lowest BCUT2D eigenvalue weighted by molar-refractivity contribution is -0.137. The van der Waals surface area contributed by atoms with Crippen LogP contribution in [0.4, 0.5) is 5.82 Å². The highest BCUT2D eigenvalue weighted by atomic mass is 16.5. The minimum absolute atomic E-state index is 0.0396. The van der Waals surface area contributed by atoms with Gasteiger partial charge >= 0.3 is 5.97 Å². The van der Waals surface area contributed by atoms with Crippen molar-refractivity contribution in [2.45, 2.75) is 71.3 Å². The molecule has 1 fully saturated rings. The quantitative estimate of drug-likeness (QED) is 0.147. The maximum Gasteiger partial charge on any atom is 0.323 e. The van der Waals surface area contributed by atoms with Gasteiger partial charge in [0.2, 0.25) is 5.91 Å². The van der Waals surface area contributed by atoms with Crippen LogP contribution in [0.1, 0.15) is 85.5 Å². The number of carboxylic acid groups (broad SMARTS) is 1. The first-order valence-electron chi connectivity index (χ1n) is 18.2. The minimum atomic E-state index is -1.16. The van der Waals surface area contributed by atoms with Gasteiger partial charge in [-0.25, -0.2) is 9.97 Å². The highest BCUT2D eigenvalue weighted by Crippen LogP contribution is 2.41. The van der Waals surface area contributed by atoms with Crippen molar-refractivity contribution in [3.63, 3.8) is 0 Å². The van der Waals surface area contributed by atoms with Gasteiger partial charge in [0.15, 0.2) is 17.3 Å². The van der Waals surface area contributed by atoms with Crippen LogP contribution in [0.3, 0.4) is 0 Å². The van der Waals surface area contributed by atoms with Gasteiger partial charge in [-0.1, -0.05) is 68.7 Å². The van der Waals surface area contributed by atoms with E-state index in [1.165, 1.54) is 61.1 Å². The molecule has 2 heterocycles. The number of nitrogens with one attached hydrogen (secondary N) is 1. The molecule has 2 aromatic heterocycles. The Bertz CT molecular complexity index is 1850. The molecule has 52 heavy (non-hydrogen) atoms. The first-order valence-corrected chi connectivity index (χ1v) is 18.2. The van der Waals surface area contributed by atoms with Gasteiger partial charge in [-0.05, 0) is 90.8 Å². The molecule has 1 saturated carbocycles. The molecule has 1 unspecified atom stereocenters. The van der Waals surface area contributed by atoms with Crippen LogP contribution < -0.4 is 10.1 Å². The fourth-order valence-corrected chi connectivity index (χ4v) is 7.39. The number of methoxy groups -OCH3 is 1. The molecule has 0 aliphatic heterocycles. The lowest BCUT2D eigenvalue weighted by Gasteiger charge is -2.35. The number of carboxylic acids is 1. The standard InChI is InChI=1S/C41H46N6O5/c1-3-27-4-10-30(11-5-27)31-14-16-32(17-15-31)34-23-42-40(43-24-34)33-12-6-29(7-13-33)25-47(26-39(49)50)41(51)36-20-21-37(46-45-36)44-38(48)22-28-8-18-35(52-2)19-9-28/h6-9,12-13,16,18-21,23-24,27,30-31H,3-5,10-11,14-15,17,22,25-26H2,1-2H3,(H,49,50)(H,44,46,48). The van der Waals surface area contributed by atoms with Crippen LogP contribution in [0.15, 0.2) is 79.1 Å². The lowest BCUT2D eigenvalue weighted by Crippen LogP contribution is -2.35. The van der Waals surface area contributed by atoms with E-state index in [1.807, 2.05) is 36.7 Å². The van der Waals surface area contributed by atoms with Crippen molar-refractivity contribution in [3.05, 3.63) is 102 Å². The highest BCUT2D eigenvalue weighted by Gasteiger charge is 2.28. The molecule has 2 aromatic carbocycles. The first-order chi connectivity index (χ1) is 25.3. The van der Waals surface area contributed by atoms with Crippen LogP contribution in [-0.2, 0) is 22.6 Å². The monoisotopic (exact) mass is 702 g/mol. The number of rotatable bonds is 13. The Morgan fingerprint density at radius 3 is 2.15 bits per heavy atom. The zero-order valence-electron chi connectivity index (χ0n) is 29.8. The number of amides is 2. The molecule has 2 N–H and O–H groups in total. The number of aliphatic carboxylic acids is 1. The number of hydrogen-bond donors (Lipinski definition) is 2. The third-order valence-electron chi connectivity index (χ3n) is 10.5. The summed E-state index contributed by atoms with van der Waals surface area (Å²) in [7, 11) is 1.57. The summed E-state index contributed by atoms with van der Waals surface area (Å²) >= 11 is 0. The van der Waals surface area contributed by atoms with E-state index in [-0.39, 0.29) is 30.4 Å². The Morgan fingerprint density at radius 1 is 0.846 bits per heavy atom. The third-order valence-corrected chi connectivity index (χ3v) is 10.5. The van der Waals surface area contributed by atoms with E-state index in [0.29, 0.717) is 11.6 Å². The van der Waals surface area contributed by atoms with Crippen molar-refractivity contribution in [2.75, 3.05) is 19.0 Å². The molecule has 0 spiro atoms. The normalized spacial score (nSPS) is 18.6. The van der Waals surface area contributed by atoms with Gasteiger partial charge in [-0.3, -0.25) is 14.4 Å². The van der Waals surface area contributed by atoms with E-state index >= 15 is 0 Å². The summed E-state index contributed by atoms with van der Waals surface area (Å²) in [6.07, 6.45) is 16.6. The molecule has 11 heteroatoms. The molecule has 0 bridgehead atoms. The van der Waals surface area contributed by atoms with Crippen molar-refractivity contribution in [1.82, 2.24) is 25.1 Å². The van der Waals surface area contributed by atoms with E-state index in [4.69, 9.17) is 4.74 Å². The SMILES string of the molecule is CCC1CCC(C2CC=C(c3cnc(-c4ccc(CN(CC(=O)O)C(=O)c5ccc(NC(=O)Cc6ccc(OC)cc6)nn5)cc4)nc3)CC2)CC1. The number of ether oxygens (including phenoxy) is 1. The van der Waals surface area contributed by atoms with Gasteiger partial charge in [-0.2, -0.15) is 0 Å². The van der Waals surface area contributed by atoms with E-state index in [0.717, 1.165) is 52.8 Å². The molecule has 2 aliphatic carbocycles.